The molecule has 3 nitrogen and oxygen atoms in total. The van der Waals surface area contributed by atoms with Crippen molar-refractivity contribution >= 4 is 28.0 Å². The summed E-state index contributed by atoms with van der Waals surface area (Å²) in [4.78, 5) is 4.50. The van der Waals surface area contributed by atoms with Gasteiger partial charge in [0.15, 0.2) is 0 Å². The number of hydrogen-bond acceptors (Lipinski definition) is 3. The molecule has 0 atom stereocenters. The third-order valence-corrected chi connectivity index (χ3v) is 5.96. The zero-order valence-corrected chi connectivity index (χ0v) is 19.2. The second-order valence-electron chi connectivity index (χ2n) is 6.22. The van der Waals surface area contributed by atoms with Gasteiger partial charge in [-0.2, -0.15) is 0 Å². The molecule has 25 heavy (non-hydrogen) atoms. The fourth-order valence-corrected chi connectivity index (χ4v) is 3.27. The van der Waals surface area contributed by atoms with Gasteiger partial charge >= 0.3 is 58.3 Å². The van der Waals surface area contributed by atoms with E-state index in [1.165, 1.54) is 28.0 Å². The van der Waals surface area contributed by atoms with E-state index in [0.29, 0.717) is 37.1 Å². The van der Waals surface area contributed by atoms with Crippen LogP contribution in [0.5, 0.6) is 0 Å². The molecule has 0 amide bonds. The summed E-state index contributed by atoms with van der Waals surface area (Å²) in [6, 6.07) is 16.0. The molecule has 4 heteroatoms. The fraction of sp³-hybridized carbons (Fsp3) is 0.476. The normalized spacial score (nSPS) is 11.6. The maximum absolute atomic E-state index is 10.5. The van der Waals surface area contributed by atoms with E-state index >= 15 is 0 Å². The molecule has 0 aliphatic heterocycles. The van der Waals surface area contributed by atoms with Crippen molar-refractivity contribution in [2.45, 2.75) is 64.6 Å². The SMILES string of the molecule is CCC(O)(CC)c1cccc(C(O)(CC)CC)n1.[Bi][c]1ccccc1. The molecule has 0 unspecified atom stereocenters. The van der Waals surface area contributed by atoms with Crippen LogP contribution < -0.4 is 3.27 Å². The summed E-state index contributed by atoms with van der Waals surface area (Å²) in [5.74, 6) is 0. The predicted molar refractivity (Wildman–Crippen MR) is 105 cm³/mol. The first-order chi connectivity index (χ1) is 11.8. The van der Waals surface area contributed by atoms with Crippen molar-refractivity contribution in [2.24, 2.45) is 0 Å². The molecule has 136 valence electrons. The standard InChI is InChI=1S/C15H25NO2.C6H5.Bi/c1-5-14(17,6-2)12-10-9-11-13(16-12)15(18,7-3)8-4;1-2-4-6-5-3-1;/h9-11,17-18H,5-8H2,1-4H3;1-5H;. The summed E-state index contributed by atoms with van der Waals surface area (Å²) in [5, 5.41) is 21.0. The first-order valence-electron chi connectivity index (χ1n) is 9.02. The molecule has 0 aliphatic carbocycles. The Morgan fingerprint density at radius 3 is 1.40 bits per heavy atom. The second kappa shape index (κ2) is 10.4. The Morgan fingerprint density at radius 1 is 0.720 bits per heavy atom. The van der Waals surface area contributed by atoms with Gasteiger partial charge in [0, 0.05) is 0 Å². The van der Waals surface area contributed by atoms with Crippen LogP contribution in [0.15, 0.2) is 48.5 Å². The van der Waals surface area contributed by atoms with Crippen molar-refractivity contribution in [2.75, 3.05) is 0 Å². The van der Waals surface area contributed by atoms with Gasteiger partial charge in [-0.3, -0.25) is 4.98 Å². The van der Waals surface area contributed by atoms with Crippen LogP contribution in [0.3, 0.4) is 0 Å². The van der Waals surface area contributed by atoms with Gasteiger partial charge in [0.25, 0.3) is 0 Å². The third-order valence-electron chi connectivity index (χ3n) is 4.80. The molecule has 0 saturated carbocycles. The van der Waals surface area contributed by atoms with Crippen molar-refractivity contribution in [3.8, 4) is 0 Å². The van der Waals surface area contributed by atoms with Crippen molar-refractivity contribution in [1.82, 2.24) is 4.98 Å². The van der Waals surface area contributed by atoms with E-state index in [9.17, 15) is 10.2 Å². The van der Waals surface area contributed by atoms with E-state index in [-0.39, 0.29) is 0 Å². The zero-order chi connectivity index (χ0) is 18.9. The Balaban J connectivity index is 0.000000370. The summed E-state index contributed by atoms with van der Waals surface area (Å²) >= 11 is 1.36. The van der Waals surface area contributed by atoms with E-state index in [2.05, 4.69) is 29.2 Å². The summed E-state index contributed by atoms with van der Waals surface area (Å²) < 4.78 is 1.43. The van der Waals surface area contributed by atoms with E-state index in [4.69, 9.17) is 0 Å². The first-order valence-corrected chi connectivity index (χ1v) is 10.8. The molecule has 2 radical (unpaired) electrons. The molecule has 0 saturated heterocycles. The first kappa shape index (κ1) is 22.2. The predicted octanol–water partition coefficient (Wildman–Crippen LogP) is 3.58. The molecule has 1 aromatic carbocycles. The van der Waals surface area contributed by atoms with Gasteiger partial charge in [0.05, 0.1) is 11.4 Å². The number of rotatable bonds is 6. The summed E-state index contributed by atoms with van der Waals surface area (Å²) in [5.41, 5.74) is -0.466. The van der Waals surface area contributed by atoms with E-state index < -0.39 is 11.2 Å². The topological polar surface area (TPSA) is 53.4 Å². The van der Waals surface area contributed by atoms with Crippen LogP contribution in [0.4, 0.5) is 0 Å². The van der Waals surface area contributed by atoms with Crippen LogP contribution in [0.2, 0.25) is 0 Å². The minimum atomic E-state index is -0.890. The van der Waals surface area contributed by atoms with Crippen LogP contribution >= 0.6 is 0 Å². The van der Waals surface area contributed by atoms with Gasteiger partial charge in [-0.25, -0.2) is 0 Å². The molecule has 0 spiro atoms. The van der Waals surface area contributed by atoms with Gasteiger partial charge in [-0.15, -0.1) is 0 Å². The average Bonchev–Trinajstić information content (AvgIpc) is 2.68. The molecule has 0 fully saturated rings. The van der Waals surface area contributed by atoms with E-state index in [0.717, 1.165) is 0 Å². The minimum absolute atomic E-state index is 0.622. The van der Waals surface area contributed by atoms with Crippen LogP contribution in [-0.4, -0.2) is 39.9 Å². The Hall–Kier alpha value is -0.827. The van der Waals surface area contributed by atoms with Crippen molar-refractivity contribution < 1.29 is 10.2 Å². The van der Waals surface area contributed by atoms with Gasteiger partial charge in [0.2, 0.25) is 0 Å². The Morgan fingerprint density at radius 2 is 1.12 bits per heavy atom. The molecule has 1 heterocycles. The Bertz CT molecular complexity index is 590. The molecule has 0 bridgehead atoms. The summed E-state index contributed by atoms with van der Waals surface area (Å²) in [7, 11) is 0. The Labute approximate surface area is 167 Å². The van der Waals surface area contributed by atoms with Crippen LogP contribution in [0.25, 0.3) is 0 Å². The Kier molecular flexibility index (Phi) is 9.20. The molecule has 1 aromatic heterocycles. The number of nitrogens with zero attached hydrogens (tertiary/aromatic N) is 1. The molecule has 0 aliphatic rings. The van der Waals surface area contributed by atoms with Gasteiger partial charge in [0.1, 0.15) is 11.2 Å². The summed E-state index contributed by atoms with van der Waals surface area (Å²) in [6.07, 6.45) is 2.49. The van der Waals surface area contributed by atoms with Crippen molar-refractivity contribution in [3.63, 3.8) is 0 Å². The second-order valence-corrected chi connectivity index (χ2v) is 8.23. The molecule has 2 aromatic rings. The number of hydrogen-bond donors (Lipinski definition) is 2. The maximum atomic E-state index is 10.5. The van der Waals surface area contributed by atoms with Crippen LogP contribution in [0.1, 0.15) is 64.8 Å². The van der Waals surface area contributed by atoms with Crippen molar-refractivity contribution in [1.29, 1.82) is 0 Å². The van der Waals surface area contributed by atoms with E-state index in [1.807, 2.05) is 52.0 Å². The van der Waals surface area contributed by atoms with E-state index in [1.54, 1.807) is 0 Å². The zero-order valence-electron chi connectivity index (χ0n) is 15.7. The van der Waals surface area contributed by atoms with Crippen LogP contribution in [0, 0.1) is 0 Å². The van der Waals surface area contributed by atoms with Crippen LogP contribution in [-0.2, 0) is 11.2 Å². The quantitative estimate of drug-likeness (QED) is 0.555. The van der Waals surface area contributed by atoms with Crippen molar-refractivity contribution in [3.05, 3.63) is 59.9 Å². The number of pyridine rings is 1. The van der Waals surface area contributed by atoms with Gasteiger partial charge in [-0.05, 0) is 37.8 Å². The monoisotopic (exact) mass is 537 g/mol. The molecular weight excluding hydrogens is 507 g/mol. The van der Waals surface area contributed by atoms with Gasteiger partial charge < -0.3 is 10.2 Å². The number of aliphatic hydroxyl groups is 2. The summed E-state index contributed by atoms with van der Waals surface area (Å²) in [6.45, 7) is 7.79. The third kappa shape index (κ3) is 6.13. The molecule has 2 N–H and O–H groups in total. The molecular formula is C21H30BiNO2. The number of benzene rings is 1. The number of aromatic nitrogens is 1. The molecule has 2 rings (SSSR count). The van der Waals surface area contributed by atoms with Gasteiger partial charge in [-0.1, -0.05) is 33.8 Å². The average molecular weight is 537 g/mol. The fourth-order valence-electron chi connectivity index (χ4n) is 2.61.